The zero-order chi connectivity index (χ0) is 19.5. The van der Waals surface area contributed by atoms with Crippen LogP contribution in [-0.2, 0) is 9.59 Å². The molecule has 5 heteroatoms. The highest BCUT2D eigenvalue weighted by molar-refractivity contribution is 8.04. The summed E-state index contributed by atoms with van der Waals surface area (Å²) in [6.07, 6.45) is 4.46. The van der Waals surface area contributed by atoms with Crippen LogP contribution in [0.15, 0.2) is 70.1 Å². The van der Waals surface area contributed by atoms with Gasteiger partial charge >= 0.3 is 0 Å². The third-order valence-corrected chi connectivity index (χ3v) is 6.28. The van der Waals surface area contributed by atoms with Crippen LogP contribution in [0.25, 0.3) is 0 Å². The van der Waals surface area contributed by atoms with Crippen molar-refractivity contribution < 1.29 is 9.59 Å². The number of benzene rings is 2. The summed E-state index contributed by atoms with van der Waals surface area (Å²) in [4.78, 5) is 31.7. The lowest BCUT2D eigenvalue weighted by molar-refractivity contribution is -0.121. The fourth-order valence-electron chi connectivity index (χ4n) is 3.70. The summed E-state index contributed by atoms with van der Waals surface area (Å²) in [6.45, 7) is 3.65. The normalized spacial score (nSPS) is 18.0. The number of hydrogen-bond acceptors (Lipinski definition) is 4. The fraction of sp³-hybridized carbons (Fsp3) is 0.304. The van der Waals surface area contributed by atoms with Gasteiger partial charge in [0, 0.05) is 18.0 Å². The Kier molecular flexibility index (Phi) is 5.53. The van der Waals surface area contributed by atoms with Gasteiger partial charge in [0.25, 0.3) is 11.8 Å². The standard InChI is InChI=1S/C23H24N2O2S/c1-17-11-13-18(14-12-17)25-22(26)20(24-15-7-2-3-8-16-24)21(23(25)27)28-19-9-5-4-6-10-19/h4-6,9-14H,2-3,7-8,15-16H2,1H3. The average Bonchev–Trinajstić information content (AvgIpc) is 2.89. The van der Waals surface area contributed by atoms with Gasteiger partial charge < -0.3 is 4.90 Å². The largest absolute Gasteiger partial charge is 0.366 e. The molecule has 2 aromatic rings. The predicted octanol–water partition coefficient (Wildman–Crippen LogP) is 4.75. The van der Waals surface area contributed by atoms with Crippen molar-refractivity contribution >= 4 is 29.3 Å². The topological polar surface area (TPSA) is 40.6 Å². The molecule has 0 spiro atoms. The van der Waals surface area contributed by atoms with Crippen LogP contribution in [0.1, 0.15) is 31.2 Å². The first kappa shape index (κ1) is 18.8. The lowest BCUT2D eigenvalue weighted by Gasteiger charge is -2.24. The van der Waals surface area contributed by atoms with Crippen LogP contribution in [0, 0.1) is 6.92 Å². The van der Waals surface area contributed by atoms with Gasteiger partial charge in [-0.25, -0.2) is 4.90 Å². The number of imide groups is 1. The summed E-state index contributed by atoms with van der Waals surface area (Å²) in [6, 6.07) is 17.4. The molecule has 1 saturated heterocycles. The molecule has 2 amide bonds. The Hall–Kier alpha value is -2.53. The smallest absolute Gasteiger partial charge is 0.283 e. The zero-order valence-corrected chi connectivity index (χ0v) is 16.9. The van der Waals surface area contributed by atoms with Crippen LogP contribution >= 0.6 is 11.8 Å². The van der Waals surface area contributed by atoms with Crippen LogP contribution in [0.3, 0.4) is 0 Å². The van der Waals surface area contributed by atoms with E-state index in [2.05, 4.69) is 4.90 Å². The van der Waals surface area contributed by atoms with Crippen LogP contribution in [0.2, 0.25) is 0 Å². The van der Waals surface area contributed by atoms with Crippen molar-refractivity contribution in [3.63, 3.8) is 0 Å². The van der Waals surface area contributed by atoms with Crippen molar-refractivity contribution in [2.24, 2.45) is 0 Å². The van der Waals surface area contributed by atoms with E-state index in [4.69, 9.17) is 0 Å². The monoisotopic (exact) mass is 392 g/mol. The van der Waals surface area contributed by atoms with E-state index in [1.54, 1.807) is 0 Å². The van der Waals surface area contributed by atoms with Crippen LogP contribution in [0.5, 0.6) is 0 Å². The van der Waals surface area contributed by atoms with Gasteiger partial charge in [-0.2, -0.15) is 0 Å². The van der Waals surface area contributed by atoms with Crippen LogP contribution in [0.4, 0.5) is 5.69 Å². The number of rotatable bonds is 4. The molecule has 2 aliphatic heterocycles. The predicted molar refractivity (Wildman–Crippen MR) is 113 cm³/mol. The fourth-order valence-corrected chi connectivity index (χ4v) is 4.72. The molecule has 144 valence electrons. The van der Waals surface area contributed by atoms with Crippen molar-refractivity contribution in [1.29, 1.82) is 0 Å². The first-order valence-corrected chi connectivity index (χ1v) is 10.6. The molecule has 0 atom stereocenters. The number of anilines is 1. The highest BCUT2D eigenvalue weighted by Crippen LogP contribution is 2.39. The summed E-state index contributed by atoms with van der Waals surface area (Å²) in [5.41, 5.74) is 2.31. The SMILES string of the molecule is Cc1ccc(N2C(=O)C(Sc3ccccc3)=C(N3CCCCCC3)C2=O)cc1. The second-order valence-electron chi connectivity index (χ2n) is 7.28. The van der Waals surface area contributed by atoms with E-state index in [0.717, 1.165) is 36.4 Å². The van der Waals surface area contributed by atoms with E-state index in [9.17, 15) is 9.59 Å². The summed E-state index contributed by atoms with van der Waals surface area (Å²) < 4.78 is 0. The molecule has 0 bridgehead atoms. The first-order chi connectivity index (χ1) is 13.6. The molecular weight excluding hydrogens is 368 g/mol. The molecule has 0 saturated carbocycles. The summed E-state index contributed by atoms with van der Waals surface area (Å²) in [5, 5.41) is 0. The van der Waals surface area contributed by atoms with E-state index in [1.807, 2.05) is 61.5 Å². The maximum Gasteiger partial charge on any atom is 0.283 e. The minimum atomic E-state index is -0.220. The molecule has 0 aliphatic carbocycles. The van der Waals surface area contributed by atoms with E-state index < -0.39 is 0 Å². The minimum Gasteiger partial charge on any atom is -0.366 e. The second-order valence-corrected chi connectivity index (χ2v) is 8.36. The molecule has 0 radical (unpaired) electrons. The van der Waals surface area contributed by atoms with Crippen molar-refractivity contribution in [3.05, 3.63) is 70.8 Å². The van der Waals surface area contributed by atoms with Crippen molar-refractivity contribution in [2.45, 2.75) is 37.5 Å². The maximum absolute atomic E-state index is 13.4. The zero-order valence-electron chi connectivity index (χ0n) is 16.1. The molecule has 0 N–H and O–H groups in total. The van der Waals surface area contributed by atoms with E-state index in [-0.39, 0.29) is 11.8 Å². The Morgan fingerprint density at radius 1 is 0.786 bits per heavy atom. The molecule has 0 unspecified atom stereocenters. The summed E-state index contributed by atoms with van der Waals surface area (Å²) >= 11 is 1.40. The Morgan fingerprint density at radius 3 is 2.07 bits per heavy atom. The van der Waals surface area contributed by atoms with Gasteiger partial charge in [-0.3, -0.25) is 9.59 Å². The third kappa shape index (κ3) is 3.72. The summed E-state index contributed by atoms with van der Waals surface area (Å²) in [7, 11) is 0. The minimum absolute atomic E-state index is 0.200. The van der Waals surface area contributed by atoms with E-state index >= 15 is 0 Å². The molecule has 0 aromatic heterocycles. The molecule has 4 rings (SSSR count). The Morgan fingerprint density at radius 2 is 1.43 bits per heavy atom. The number of nitrogens with zero attached hydrogens (tertiary/aromatic N) is 2. The highest BCUT2D eigenvalue weighted by atomic mass is 32.2. The molecular formula is C23H24N2O2S. The van der Waals surface area contributed by atoms with Gasteiger partial charge in [0.1, 0.15) is 10.6 Å². The number of likely N-dealkylation sites (tertiary alicyclic amines) is 1. The van der Waals surface area contributed by atoms with Crippen molar-refractivity contribution in [1.82, 2.24) is 4.90 Å². The van der Waals surface area contributed by atoms with Crippen LogP contribution in [-0.4, -0.2) is 29.8 Å². The second kappa shape index (κ2) is 8.23. The van der Waals surface area contributed by atoms with Crippen molar-refractivity contribution in [3.8, 4) is 0 Å². The first-order valence-electron chi connectivity index (χ1n) is 9.83. The number of amides is 2. The molecule has 1 fully saturated rings. The number of carbonyl (C=O) groups excluding carboxylic acids is 2. The number of carbonyl (C=O) groups is 2. The number of thioether (sulfide) groups is 1. The summed E-state index contributed by atoms with van der Waals surface area (Å²) in [5.74, 6) is -0.420. The molecule has 2 heterocycles. The van der Waals surface area contributed by atoms with Gasteiger partial charge in [0.15, 0.2) is 0 Å². The van der Waals surface area contributed by atoms with Gasteiger partial charge in [-0.05, 0) is 44.0 Å². The van der Waals surface area contributed by atoms with Crippen LogP contribution < -0.4 is 4.90 Å². The highest BCUT2D eigenvalue weighted by Gasteiger charge is 2.42. The van der Waals surface area contributed by atoms with Gasteiger partial charge in [0.2, 0.25) is 0 Å². The lowest BCUT2D eigenvalue weighted by atomic mass is 10.2. The Bertz CT molecular complexity index is 898. The average molecular weight is 393 g/mol. The van der Waals surface area contributed by atoms with E-state index in [0.29, 0.717) is 16.3 Å². The Labute approximate surface area is 170 Å². The van der Waals surface area contributed by atoms with Crippen molar-refractivity contribution in [2.75, 3.05) is 18.0 Å². The Balaban J connectivity index is 1.73. The van der Waals surface area contributed by atoms with Gasteiger partial charge in [0.05, 0.1) is 5.69 Å². The van der Waals surface area contributed by atoms with Gasteiger partial charge in [-0.1, -0.05) is 60.5 Å². The molecule has 28 heavy (non-hydrogen) atoms. The lowest BCUT2D eigenvalue weighted by Crippen LogP contribution is -2.35. The molecule has 4 nitrogen and oxygen atoms in total. The molecule has 2 aromatic carbocycles. The number of hydrogen-bond donors (Lipinski definition) is 0. The van der Waals surface area contributed by atoms with Gasteiger partial charge in [-0.15, -0.1) is 0 Å². The maximum atomic E-state index is 13.4. The quantitative estimate of drug-likeness (QED) is 0.704. The third-order valence-electron chi connectivity index (χ3n) is 5.20. The number of aryl methyl sites for hydroxylation is 1. The molecule has 2 aliphatic rings. The van der Waals surface area contributed by atoms with E-state index in [1.165, 1.54) is 29.5 Å².